The molecule has 18 nitrogen and oxygen atoms in total. The third kappa shape index (κ3) is 15.5. The lowest BCUT2D eigenvalue weighted by molar-refractivity contribution is -0.141. The highest BCUT2D eigenvalue weighted by Gasteiger charge is 2.33. The summed E-state index contributed by atoms with van der Waals surface area (Å²) in [4.78, 5) is 80.4. The number of benzene rings is 1. The Kier molecular flexibility index (Phi) is 18.0. The fourth-order valence-corrected chi connectivity index (χ4v) is 4.49. The van der Waals surface area contributed by atoms with Crippen molar-refractivity contribution in [1.82, 2.24) is 21.3 Å². The van der Waals surface area contributed by atoms with Crippen molar-refractivity contribution in [3.63, 3.8) is 0 Å². The minimum absolute atomic E-state index is 0.00496. The molecule has 0 saturated heterocycles. The summed E-state index contributed by atoms with van der Waals surface area (Å²) < 4.78 is 0. The van der Waals surface area contributed by atoms with Crippen molar-refractivity contribution in [3.05, 3.63) is 29.8 Å². The van der Waals surface area contributed by atoms with Gasteiger partial charge in [0, 0.05) is 13.0 Å². The number of amides is 5. The van der Waals surface area contributed by atoms with Gasteiger partial charge in [-0.05, 0) is 62.3 Å². The third-order valence-electron chi connectivity index (χ3n) is 7.18. The minimum Gasteiger partial charge on any atom is -0.508 e. The zero-order valence-corrected chi connectivity index (χ0v) is 27.3. The van der Waals surface area contributed by atoms with Crippen molar-refractivity contribution in [2.24, 2.45) is 39.6 Å². The summed E-state index contributed by atoms with van der Waals surface area (Å²) in [6.07, 6.45) is 0.798. The zero-order valence-electron chi connectivity index (χ0n) is 27.3. The van der Waals surface area contributed by atoms with E-state index < -0.39 is 78.1 Å². The number of guanidine groups is 1. The quantitative estimate of drug-likeness (QED) is 0.0332. The Morgan fingerprint density at radius 2 is 1.35 bits per heavy atom. The number of aliphatic imine (C=N–C) groups is 1. The number of hydrogen-bond donors (Lipinski definition) is 11. The van der Waals surface area contributed by atoms with Gasteiger partial charge in [0.25, 0.3) is 0 Å². The van der Waals surface area contributed by atoms with Crippen LogP contribution < -0.4 is 49.9 Å². The normalized spacial score (nSPS) is 14.0. The Morgan fingerprint density at radius 3 is 1.90 bits per heavy atom. The highest BCUT2D eigenvalue weighted by Crippen LogP contribution is 2.12. The van der Waals surface area contributed by atoms with E-state index >= 15 is 0 Å². The van der Waals surface area contributed by atoms with E-state index in [2.05, 4.69) is 26.3 Å². The number of nitrogens with two attached hydrogens (primary N) is 5. The van der Waals surface area contributed by atoms with Crippen LogP contribution in [0, 0.1) is 5.92 Å². The molecule has 0 heterocycles. The molecule has 5 atom stereocenters. The molecular formula is C30H50N10O8. The van der Waals surface area contributed by atoms with Crippen LogP contribution in [0.25, 0.3) is 0 Å². The Balaban J connectivity index is 3.07. The maximum atomic E-state index is 13.3. The molecule has 18 heteroatoms. The van der Waals surface area contributed by atoms with Gasteiger partial charge in [-0.2, -0.15) is 0 Å². The molecule has 0 aliphatic heterocycles. The number of carbonyl (C=O) groups is 6. The second-order valence-corrected chi connectivity index (χ2v) is 11.6. The number of aliphatic carboxylic acids is 1. The van der Waals surface area contributed by atoms with Gasteiger partial charge in [-0.1, -0.05) is 26.0 Å². The number of nitrogens with zero attached hydrogens (tertiary/aromatic N) is 1. The van der Waals surface area contributed by atoms with E-state index in [1.165, 1.54) is 12.1 Å². The molecule has 5 amide bonds. The first-order chi connectivity index (χ1) is 22.5. The highest BCUT2D eigenvalue weighted by molar-refractivity contribution is 5.97. The SMILES string of the molecule is CC(C)[C@H](NC(=O)[C@H](CC(=O)O)NC(=O)[C@H](CCCCN)NC(=O)[C@@H](N)CCCN=C(N)N)C(=O)N[C@@H](Cc1ccc(O)cc1)C(N)=O. The van der Waals surface area contributed by atoms with Crippen LogP contribution in [0.2, 0.25) is 0 Å². The van der Waals surface area contributed by atoms with Crippen molar-refractivity contribution in [3.8, 4) is 5.75 Å². The zero-order chi connectivity index (χ0) is 36.4. The van der Waals surface area contributed by atoms with E-state index in [9.17, 15) is 39.0 Å². The number of nitrogens with one attached hydrogen (secondary N) is 4. The van der Waals surface area contributed by atoms with Crippen molar-refractivity contribution in [2.75, 3.05) is 13.1 Å². The first-order valence-corrected chi connectivity index (χ1v) is 15.6. The topological polar surface area (TPSA) is 333 Å². The number of carbonyl (C=O) groups excluding carboxylic acids is 5. The lowest BCUT2D eigenvalue weighted by Gasteiger charge is -2.27. The summed E-state index contributed by atoms with van der Waals surface area (Å²) in [6.45, 7) is 3.78. The third-order valence-corrected chi connectivity index (χ3v) is 7.18. The van der Waals surface area contributed by atoms with Gasteiger partial charge < -0.3 is 60.1 Å². The molecule has 1 aromatic rings. The molecule has 0 saturated carbocycles. The Hall–Kier alpha value is -4.97. The summed E-state index contributed by atoms with van der Waals surface area (Å²) in [5.74, 6) is -6.18. The van der Waals surface area contributed by atoms with E-state index in [1.807, 2.05) is 0 Å². The molecule has 16 N–H and O–H groups in total. The number of carboxylic acid groups (broad SMARTS) is 1. The molecular weight excluding hydrogens is 628 g/mol. The summed E-state index contributed by atoms with van der Waals surface area (Å²) >= 11 is 0. The van der Waals surface area contributed by atoms with Gasteiger partial charge >= 0.3 is 5.97 Å². The second kappa shape index (κ2) is 21.0. The van der Waals surface area contributed by atoms with Crippen molar-refractivity contribution < 1.29 is 39.0 Å². The number of hydrogen-bond acceptors (Lipinski definition) is 10. The second-order valence-electron chi connectivity index (χ2n) is 11.6. The maximum Gasteiger partial charge on any atom is 0.305 e. The lowest BCUT2D eigenvalue weighted by atomic mass is 10.00. The number of phenols is 1. The van der Waals surface area contributed by atoms with Gasteiger partial charge in [-0.3, -0.25) is 33.8 Å². The predicted molar refractivity (Wildman–Crippen MR) is 177 cm³/mol. The molecule has 48 heavy (non-hydrogen) atoms. The van der Waals surface area contributed by atoms with Crippen LogP contribution in [0.3, 0.4) is 0 Å². The standard InChI is InChI=1S/C30H50N10O8/c1-16(2)24(29(48)38-21(25(33)44)14-17-8-10-18(41)11-9-17)40-28(47)22(15-23(42)43)39-27(46)20(7-3-4-12-31)37-26(45)19(32)6-5-13-36-30(34)35/h8-11,16,19-22,24,41H,3-7,12-15,31-32H2,1-2H3,(H2,33,44)(H,37,45)(H,38,48)(H,39,46)(H,40,47)(H,42,43)(H4,34,35,36)/t19-,20-,21-,22-,24-/m0/s1. The van der Waals surface area contributed by atoms with E-state index in [1.54, 1.807) is 26.0 Å². The van der Waals surface area contributed by atoms with Crippen LogP contribution in [-0.4, -0.2) is 95.0 Å². The van der Waals surface area contributed by atoms with Crippen molar-refractivity contribution >= 4 is 41.5 Å². The average Bonchev–Trinajstić information content (AvgIpc) is 3.00. The fraction of sp³-hybridized carbons (Fsp3) is 0.567. The molecule has 0 bridgehead atoms. The minimum atomic E-state index is -1.64. The molecule has 0 unspecified atom stereocenters. The van der Waals surface area contributed by atoms with Gasteiger partial charge in [0.2, 0.25) is 29.5 Å². The first kappa shape index (κ1) is 41.1. The number of rotatable bonds is 22. The van der Waals surface area contributed by atoms with Crippen LogP contribution in [0.5, 0.6) is 5.75 Å². The summed E-state index contributed by atoms with van der Waals surface area (Å²) in [6, 6.07) is -0.362. The van der Waals surface area contributed by atoms with E-state index in [0.29, 0.717) is 31.4 Å². The number of aromatic hydroxyl groups is 1. The average molecular weight is 679 g/mol. The molecule has 0 aliphatic carbocycles. The van der Waals surface area contributed by atoms with Crippen LogP contribution in [-0.2, 0) is 35.2 Å². The molecule has 1 rings (SSSR count). The van der Waals surface area contributed by atoms with Gasteiger partial charge in [0.1, 0.15) is 29.9 Å². The Morgan fingerprint density at radius 1 is 0.771 bits per heavy atom. The van der Waals surface area contributed by atoms with Gasteiger partial charge in [-0.25, -0.2) is 0 Å². The van der Waals surface area contributed by atoms with E-state index in [-0.39, 0.29) is 37.5 Å². The van der Waals surface area contributed by atoms with Crippen molar-refractivity contribution in [1.29, 1.82) is 0 Å². The van der Waals surface area contributed by atoms with Gasteiger partial charge in [-0.15, -0.1) is 0 Å². The van der Waals surface area contributed by atoms with E-state index in [4.69, 9.17) is 28.7 Å². The molecule has 268 valence electrons. The summed E-state index contributed by atoms with van der Waals surface area (Å²) in [5.41, 5.74) is 28.2. The number of unbranched alkanes of at least 4 members (excludes halogenated alkanes) is 1. The van der Waals surface area contributed by atoms with Crippen LogP contribution in [0.15, 0.2) is 29.3 Å². The smallest absolute Gasteiger partial charge is 0.305 e. The highest BCUT2D eigenvalue weighted by atomic mass is 16.4. The van der Waals surface area contributed by atoms with Crippen LogP contribution in [0.4, 0.5) is 0 Å². The van der Waals surface area contributed by atoms with Gasteiger partial charge in [0.05, 0.1) is 12.5 Å². The monoisotopic (exact) mass is 678 g/mol. The Bertz CT molecular complexity index is 1270. The molecule has 0 aliphatic rings. The van der Waals surface area contributed by atoms with Crippen molar-refractivity contribution in [2.45, 2.75) is 89.0 Å². The van der Waals surface area contributed by atoms with Gasteiger partial charge in [0.15, 0.2) is 5.96 Å². The molecule has 0 fully saturated rings. The Labute approximate surface area is 279 Å². The molecule has 0 spiro atoms. The van der Waals surface area contributed by atoms with Crippen LogP contribution >= 0.6 is 0 Å². The number of phenolic OH excluding ortho intramolecular Hbond substituents is 1. The first-order valence-electron chi connectivity index (χ1n) is 15.6. The van der Waals surface area contributed by atoms with Crippen LogP contribution in [0.1, 0.15) is 57.9 Å². The molecule has 0 radical (unpaired) electrons. The lowest BCUT2D eigenvalue weighted by Crippen LogP contribution is -2.60. The maximum absolute atomic E-state index is 13.3. The molecule has 0 aromatic heterocycles. The summed E-state index contributed by atoms with van der Waals surface area (Å²) in [5, 5.41) is 28.9. The number of primary amides is 1. The summed E-state index contributed by atoms with van der Waals surface area (Å²) in [7, 11) is 0. The molecule has 1 aromatic carbocycles. The number of carboxylic acids is 1. The largest absolute Gasteiger partial charge is 0.508 e. The fourth-order valence-electron chi connectivity index (χ4n) is 4.49. The predicted octanol–water partition coefficient (Wildman–Crippen LogP) is -3.00. The van der Waals surface area contributed by atoms with E-state index in [0.717, 1.165) is 0 Å².